The molecule has 1 amide bonds. The van der Waals surface area contributed by atoms with Gasteiger partial charge in [0, 0.05) is 17.0 Å². The van der Waals surface area contributed by atoms with E-state index < -0.39 is 34.1 Å². The van der Waals surface area contributed by atoms with Crippen LogP contribution in [0.3, 0.4) is 0 Å². The zero-order valence-corrected chi connectivity index (χ0v) is 22.2. The predicted octanol–water partition coefficient (Wildman–Crippen LogP) is 5.27. The van der Waals surface area contributed by atoms with Gasteiger partial charge in [-0.1, -0.05) is 35.9 Å². The molecular weight excluding hydrogens is 500 g/mol. The molecule has 3 aromatic rings. The van der Waals surface area contributed by atoms with E-state index in [1.165, 1.54) is 12.1 Å². The summed E-state index contributed by atoms with van der Waals surface area (Å²) in [7, 11) is -2.48. The van der Waals surface area contributed by atoms with E-state index in [0.29, 0.717) is 34.2 Å². The molecule has 1 unspecified atom stereocenters. The van der Waals surface area contributed by atoms with Crippen molar-refractivity contribution in [3.63, 3.8) is 0 Å². The molecule has 1 N–H and O–H groups in total. The second kappa shape index (κ2) is 10.0. The van der Waals surface area contributed by atoms with Crippen molar-refractivity contribution in [3.8, 4) is 11.5 Å². The van der Waals surface area contributed by atoms with Crippen molar-refractivity contribution >= 4 is 33.2 Å². The Hall–Kier alpha value is -3.23. The molecule has 1 atom stereocenters. The van der Waals surface area contributed by atoms with E-state index in [1.54, 1.807) is 56.5 Å². The van der Waals surface area contributed by atoms with Crippen molar-refractivity contribution in [3.05, 3.63) is 82.9 Å². The number of nitrogens with one attached hydrogen (secondary N) is 1. The van der Waals surface area contributed by atoms with Gasteiger partial charge in [-0.2, -0.15) is 0 Å². The van der Waals surface area contributed by atoms with Crippen LogP contribution in [-0.2, 0) is 14.8 Å². The lowest BCUT2D eigenvalue weighted by atomic mass is 9.89. The third-order valence-electron chi connectivity index (χ3n) is 6.14. The smallest absolute Gasteiger partial charge is 0.264 e. The van der Waals surface area contributed by atoms with Gasteiger partial charge in [0.15, 0.2) is 0 Å². The van der Waals surface area contributed by atoms with E-state index in [-0.39, 0.29) is 4.90 Å². The highest BCUT2D eigenvalue weighted by molar-refractivity contribution is 7.92. The molecule has 1 aliphatic heterocycles. The number of anilines is 1. The normalized spacial score (nSPS) is 16.4. The Morgan fingerprint density at radius 2 is 1.86 bits per heavy atom. The molecule has 0 saturated carbocycles. The maximum atomic E-state index is 13.7. The molecule has 1 heterocycles. The van der Waals surface area contributed by atoms with Crippen LogP contribution in [0, 0.1) is 6.92 Å². The number of ether oxygens (including phenoxy) is 2. The van der Waals surface area contributed by atoms with Gasteiger partial charge in [0.05, 0.1) is 23.7 Å². The van der Waals surface area contributed by atoms with Crippen LogP contribution in [0.2, 0.25) is 5.02 Å². The van der Waals surface area contributed by atoms with Crippen molar-refractivity contribution in [1.82, 2.24) is 5.32 Å². The topological polar surface area (TPSA) is 84.9 Å². The molecule has 0 radical (unpaired) electrons. The molecule has 36 heavy (non-hydrogen) atoms. The van der Waals surface area contributed by atoms with Gasteiger partial charge in [0.25, 0.3) is 10.0 Å². The number of halogens is 1. The Bertz CT molecular complexity index is 1380. The molecule has 4 rings (SSSR count). The second-order valence-electron chi connectivity index (χ2n) is 9.30. The maximum absolute atomic E-state index is 13.7. The fraction of sp³-hybridized carbons (Fsp3) is 0.296. The van der Waals surface area contributed by atoms with Crippen LogP contribution in [0.1, 0.15) is 37.4 Å². The van der Waals surface area contributed by atoms with Crippen molar-refractivity contribution < 1.29 is 22.7 Å². The molecule has 190 valence electrons. The first-order valence-electron chi connectivity index (χ1n) is 11.5. The van der Waals surface area contributed by atoms with Gasteiger partial charge in [0.1, 0.15) is 23.6 Å². The Balaban J connectivity index is 1.69. The summed E-state index contributed by atoms with van der Waals surface area (Å²) in [6.07, 6.45) is 0.501. The second-order valence-corrected chi connectivity index (χ2v) is 11.6. The molecule has 0 bridgehead atoms. The quantitative estimate of drug-likeness (QED) is 0.451. The zero-order chi connectivity index (χ0) is 26.1. The number of rotatable bonds is 7. The van der Waals surface area contributed by atoms with Crippen LogP contribution in [0.4, 0.5) is 5.69 Å². The lowest BCUT2D eigenvalue weighted by molar-refractivity contribution is -0.120. The summed E-state index contributed by atoms with van der Waals surface area (Å²) >= 11 is 6.31. The minimum atomic E-state index is -4.05. The van der Waals surface area contributed by atoms with Crippen molar-refractivity contribution in [2.45, 2.75) is 43.7 Å². The van der Waals surface area contributed by atoms with Gasteiger partial charge in [-0.25, -0.2) is 8.42 Å². The molecule has 0 saturated heterocycles. The number of amides is 1. The van der Waals surface area contributed by atoms with Gasteiger partial charge in [-0.3, -0.25) is 9.10 Å². The summed E-state index contributed by atoms with van der Waals surface area (Å²) in [5.41, 5.74) is 1.15. The average Bonchev–Trinajstić information content (AvgIpc) is 2.84. The van der Waals surface area contributed by atoms with Crippen LogP contribution in [-0.4, -0.2) is 33.6 Å². The number of hydrogen-bond donors (Lipinski definition) is 1. The molecule has 1 aliphatic rings. The van der Waals surface area contributed by atoms with Gasteiger partial charge in [-0.05, 0) is 68.8 Å². The SMILES string of the molecule is COc1ccc2c(c1)C(NC(=O)CN(c1cccc(Cl)c1C)S(=O)(=O)c1ccccc1)CC(C)(C)O2. The Morgan fingerprint density at radius 3 is 2.56 bits per heavy atom. The van der Waals surface area contributed by atoms with E-state index in [2.05, 4.69) is 5.32 Å². The third kappa shape index (κ3) is 5.29. The minimum absolute atomic E-state index is 0.0828. The molecule has 0 fully saturated rings. The molecule has 0 spiro atoms. The van der Waals surface area contributed by atoms with E-state index in [4.69, 9.17) is 21.1 Å². The van der Waals surface area contributed by atoms with Crippen LogP contribution < -0.4 is 19.1 Å². The summed E-state index contributed by atoms with van der Waals surface area (Å²) in [6.45, 7) is 5.20. The minimum Gasteiger partial charge on any atom is -0.497 e. The number of carbonyl (C=O) groups excluding carboxylic acids is 1. The van der Waals surface area contributed by atoms with Crippen molar-refractivity contribution in [2.24, 2.45) is 0 Å². The summed E-state index contributed by atoms with van der Waals surface area (Å²) in [6, 6.07) is 18.1. The van der Waals surface area contributed by atoms with E-state index >= 15 is 0 Å². The molecule has 9 heteroatoms. The lowest BCUT2D eigenvalue weighted by Crippen LogP contribution is -2.45. The van der Waals surface area contributed by atoms with Gasteiger partial charge in [-0.15, -0.1) is 0 Å². The van der Waals surface area contributed by atoms with Crippen LogP contribution in [0.15, 0.2) is 71.6 Å². The largest absolute Gasteiger partial charge is 0.497 e. The molecular formula is C27H29ClN2O5S. The van der Waals surface area contributed by atoms with E-state index in [1.807, 2.05) is 26.0 Å². The van der Waals surface area contributed by atoms with E-state index in [9.17, 15) is 13.2 Å². The van der Waals surface area contributed by atoms with E-state index in [0.717, 1.165) is 9.87 Å². The van der Waals surface area contributed by atoms with Gasteiger partial charge >= 0.3 is 0 Å². The van der Waals surface area contributed by atoms with Crippen molar-refractivity contribution in [1.29, 1.82) is 0 Å². The van der Waals surface area contributed by atoms with Crippen molar-refractivity contribution in [2.75, 3.05) is 18.0 Å². The number of nitrogens with zero attached hydrogens (tertiary/aromatic N) is 1. The van der Waals surface area contributed by atoms with Crippen LogP contribution >= 0.6 is 11.6 Å². The maximum Gasteiger partial charge on any atom is 0.264 e. The summed E-state index contributed by atoms with van der Waals surface area (Å²) < 4.78 is 39.9. The Labute approximate surface area is 217 Å². The predicted molar refractivity (Wildman–Crippen MR) is 140 cm³/mol. The first-order chi connectivity index (χ1) is 17.0. The number of carbonyl (C=O) groups is 1. The summed E-state index contributed by atoms with van der Waals surface area (Å²) in [4.78, 5) is 13.5. The fourth-order valence-corrected chi connectivity index (χ4v) is 6.01. The molecule has 3 aromatic carbocycles. The molecule has 0 aromatic heterocycles. The highest BCUT2D eigenvalue weighted by Gasteiger charge is 2.36. The third-order valence-corrected chi connectivity index (χ3v) is 8.32. The first kappa shape index (κ1) is 25.9. The number of methoxy groups -OCH3 is 1. The van der Waals surface area contributed by atoms with Crippen LogP contribution in [0.5, 0.6) is 11.5 Å². The number of fused-ring (bicyclic) bond motifs is 1. The molecule has 0 aliphatic carbocycles. The first-order valence-corrected chi connectivity index (χ1v) is 13.3. The Morgan fingerprint density at radius 1 is 1.14 bits per heavy atom. The average molecular weight is 529 g/mol. The summed E-state index contributed by atoms with van der Waals surface area (Å²) in [5.74, 6) is 0.835. The fourth-order valence-electron chi connectivity index (χ4n) is 4.34. The summed E-state index contributed by atoms with van der Waals surface area (Å²) in [5, 5.41) is 3.44. The van der Waals surface area contributed by atoms with Crippen LogP contribution in [0.25, 0.3) is 0 Å². The number of sulfonamides is 1. The standard InChI is InChI=1S/C27H29ClN2O5S/c1-18-22(28)11-8-12-24(18)30(36(32,33)20-9-6-5-7-10-20)17-26(31)29-23-16-27(2,3)35-25-14-13-19(34-4)15-21(23)25/h5-15,23H,16-17H2,1-4H3,(H,29,31). The lowest BCUT2D eigenvalue weighted by Gasteiger charge is -2.38. The van der Waals surface area contributed by atoms with Gasteiger partial charge in [0.2, 0.25) is 5.91 Å². The highest BCUT2D eigenvalue weighted by Crippen LogP contribution is 2.41. The van der Waals surface area contributed by atoms with Gasteiger partial charge < -0.3 is 14.8 Å². The number of benzene rings is 3. The zero-order valence-electron chi connectivity index (χ0n) is 20.6. The molecule has 7 nitrogen and oxygen atoms in total. The Kier molecular flexibility index (Phi) is 7.20. The monoisotopic (exact) mass is 528 g/mol. The number of hydrogen-bond acceptors (Lipinski definition) is 5. The highest BCUT2D eigenvalue weighted by atomic mass is 35.5.